The lowest BCUT2D eigenvalue weighted by atomic mass is 9.93. The Labute approximate surface area is 278 Å². The summed E-state index contributed by atoms with van der Waals surface area (Å²) < 4.78 is 9.84. The molecule has 0 radical (unpaired) electrons. The summed E-state index contributed by atoms with van der Waals surface area (Å²) in [6.45, 7) is 2.59. The highest BCUT2D eigenvalue weighted by atomic mass is 35.5. The van der Waals surface area contributed by atoms with Crippen LogP contribution in [-0.4, -0.2) is 21.7 Å². The van der Waals surface area contributed by atoms with Crippen LogP contribution in [0, 0.1) is 0 Å². The Bertz CT molecular complexity index is 2300. The van der Waals surface area contributed by atoms with Crippen molar-refractivity contribution in [3.63, 3.8) is 0 Å². The third-order valence-corrected chi connectivity index (χ3v) is 9.42. The van der Waals surface area contributed by atoms with Gasteiger partial charge in [-0.05, 0) is 54.5 Å². The van der Waals surface area contributed by atoms with Gasteiger partial charge in [0.2, 0.25) is 0 Å². The number of thiazole rings is 1. The number of nitrogens with zero attached hydrogens (tertiary/aromatic N) is 3. The van der Waals surface area contributed by atoms with Crippen molar-refractivity contribution in [2.75, 3.05) is 6.61 Å². The van der Waals surface area contributed by atoms with Gasteiger partial charge in [-0.15, -0.1) is 0 Å². The van der Waals surface area contributed by atoms with Crippen LogP contribution in [0.25, 0.3) is 22.7 Å². The largest absolute Gasteiger partial charge is 0.463 e. The Balaban J connectivity index is 1.44. The minimum absolute atomic E-state index is 0.183. The number of ether oxygens (including phenoxy) is 1. The highest BCUT2D eigenvalue weighted by Gasteiger charge is 2.35. The second-order valence-electron chi connectivity index (χ2n) is 10.8. The molecule has 46 heavy (non-hydrogen) atoms. The first-order valence-corrected chi connectivity index (χ1v) is 16.3. The lowest BCUT2D eigenvalue weighted by Gasteiger charge is -2.25. The minimum atomic E-state index is -0.767. The standard InChI is InChI=1S/C37H27Cl2N3O3S/c1-2-45-36(44)32-33(24-8-4-3-5-9-24)40-37-42(34(32)25-14-18-28(39)19-15-25)35(43)31(46-37)20-26-22-41(30-11-7-6-10-29(26)30)21-23-12-16-27(38)17-13-23/h3-20,22,34H,2,21H2,1H3/b31-20-/t34-/m1/s1. The van der Waals surface area contributed by atoms with Crippen molar-refractivity contribution >= 4 is 63.2 Å². The third kappa shape index (κ3) is 5.62. The number of halogens is 2. The second kappa shape index (κ2) is 12.6. The molecule has 0 saturated heterocycles. The van der Waals surface area contributed by atoms with Crippen molar-refractivity contribution in [2.45, 2.75) is 19.5 Å². The van der Waals surface area contributed by atoms with Gasteiger partial charge in [-0.3, -0.25) is 9.36 Å². The number of hydrogen-bond donors (Lipinski definition) is 0. The van der Waals surface area contributed by atoms with Crippen molar-refractivity contribution < 1.29 is 9.53 Å². The molecule has 9 heteroatoms. The van der Waals surface area contributed by atoms with E-state index in [4.69, 9.17) is 32.9 Å². The van der Waals surface area contributed by atoms with E-state index in [1.54, 1.807) is 23.6 Å². The lowest BCUT2D eigenvalue weighted by Crippen LogP contribution is -2.40. The number of fused-ring (bicyclic) bond motifs is 2. The first kappa shape index (κ1) is 30.0. The Kier molecular flexibility index (Phi) is 8.21. The molecule has 1 aliphatic heterocycles. The first-order chi connectivity index (χ1) is 22.4. The van der Waals surface area contributed by atoms with E-state index >= 15 is 0 Å². The molecule has 0 unspecified atom stereocenters. The molecule has 0 N–H and O–H groups in total. The summed E-state index contributed by atoms with van der Waals surface area (Å²) in [5.41, 5.74) is 5.08. The van der Waals surface area contributed by atoms with Gasteiger partial charge < -0.3 is 9.30 Å². The molecule has 6 aromatic rings. The van der Waals surface area contributed by atoms with Crippen LogP contribution in [0.2, 0.25) is 10.0 Å². The van der Waals surface area contributed by atoms with Crippen LogP contribution in [-0.2, 0) is 16.1 Å². The van der Waals surface area contributed by atoms with Crippen LogP contribution in [0.4, 0.5) is 0 Å². The number of aromatic nitrogens is 2. The van der Waals surface area contributed by atoms with Crippen LogP contribution in [0.15, 0.2) is 125 Å². The normalized spacial score (nSPS) is 14.8. The van der Waals surface area contributed by atoms with Crippen molar-refractivity contribution in [1.29, 1.82) is 0 Å². The van der Waals surface area contributed by atoms with Crippen LogP contribution in [0.5, 0.6) is 0 Å². The Hall–Kier alpha value is -4.69. The van der Waals surface area contributed by atoms with E-state index in [9.17, 15) is 9.59 Å². The van der Waals surface area contributed by atoms with Gasteiger partial charge in [0.25, 0.3) is 5.56 Å². The number of para-hydroxylation sites is 1. The number of esters is 1. The molecule has 3 heterocycles. The molecule has 0 fully saturated rings. The molecule has 6 nitrogen and oxygen atoms in total. The second-order valence-corrected chi connectivity index (χ2v) is 12.7. The van der Waals surface area contributed by atoms with Crippen molar-refractivity contribution in [2.24, 2.45) is 4.99 Å². The van der Waals surface area contributed by atoms with E-state index in [1.165, 1.54) is 11.3 Å². The van der Waals surface area contributed by atoms with Gasteiger partial charge in [0.15, 0.2) is 4.80 Å². The molecule has 4 aromatic carbocycles. The fraction of sp³-hybridized carbons (Fsp3) is 0.108. The van der Waals surface area contributed by atoms with Gasteiger partial charge in [-0.1, -0.05) is 107 Å². The van der Waals surface area contributed by atoms with E-state index in [2.05, 4.69) is 22.9 Å². The summed E-state index contributed by atoms with van der Waals surface area (Å²) in [6.07, 6.45) is 3.98. The smallest absolute Gasteiger partial charge is 0.338 e. The van der Waals surface area contributed by atoms with E-state index in [-0.39, 0.29) is 12.2 Å². The van der Waals surface area contributed by atoms with Crippen molar-refractivity contribution in [3.05, 3.63) is 167 Å². The van der Waals surface area contributed by atoms with Crippen molar-refractivity contribution in [3.8, 4) is 0 Å². The summed E-state index contributed by atoms with van der Waals surface area (Å²) in [5.74, 6) is -0.524. The van der Waals surface area contributed by atoms with Gasteiger partial charge in [0.1, 0.15) is 0 Å². The topological polar surface area (TPSA) is 65.6 Å². The van der Waals surface area contributed by atoms with Gasteiger partial charge in [0.05, 0.1) is 28.5 Å². The van der Waals surface area contributed by atoms with Crippen molar-refractivity contribution in [1.82, 2.24) is 9.13 Å². The van der Waals surface area contributed by atoms with E-state index in [0.717, 1.165) is 33.2 Å². The van der Waals surface area contributed by atoms with Crippen LogP contribution >= 0.6 is 34.5 Å². The Morgan fingerprint density at radius 3 is 2.30 bits per heavy atom. The maximum Gasteiger partial charge on any atom is 0.338 e. The predicted molar refractivity (Wildman–Crippen MR) is 185 cm³/mol. The van der Waals surface area contributed by atoms with E-state index in [1.807, 2.05) is 84.9 Å². The van der Waals surface area contributed by atoms with E-state index < -0.39 is 12.0 Å². The number of carbonyl (C=O) groups is 1. The zero-order chi connectivity index (χ0) is 31.8. The summed E-state index contributed by atoms with van der Waals surface area (Å²) in [4.78, 5) is 33.5. The molecule has 228 valence electrons. The fourth-order valence-electron chi connectivity index (χ4n) is 5.85. The summed E-state index contributed by atoms with van der Waals surface area (Å²) in [5, 5.41) is 2.26. The Morgan fingerprint density at radius 1 is 0.913 bits per heavy atom. The SMILES string of the molecule is CCOC(=O)C1=C(c2ccccc2)N=c2s/c(=C\c3cn(Cc4ccc(Cl)cc4)c4ccccc34)c(=O)n2[C@@H]1c1ccc(Cl)cc1. The van der Waals surface area contributed by atoms with Gasteiger partial charge in [-0.2, -0.15) is 0 Å². The molecule has 0 saturated carbocycles. The summed E-state index contributed by atoms with van der Waals surface area (Å²) in [6, 6.07) is 31.8. The minimum Gasteiger partial charge on any atom is -0.463 e. The molecular formula is C37H27Cl2N3O3S. The Morgan fingerprint density at radius 2 is 1.59 bits per heavy atom. The molecule has 7 rings (SSSR count). The molecule has 1 aliphatic rings. The van der Waals surface area contributed by atoms with Gasteiger partial charge >= 0.3 is 5.97 Å². The number of benzene rings is 4. The summed E-state index contributed by atoms with van der Waals surface area (Å²) in [7, 11) is 0. The maximum absolute atomic E-state index is 14.4. The third-order valence-electron chi connectivity index (χ3n) is 7.93. The first-order valence-electron chi connectivity index (χ1n) is 14.8. The number of hydrogen-bond acceptors (Lipinski definition) is 5. The maximum atomic E-state index is 14.4. The monoisotopic (exact) mass is 663 g/mol. The zero-order valence-electron chi connectivity index (χ0n) is 24.7. The highest BCUT2D eigenvalue weighted by Crippen LogP contribution is 2.35. The fourth-order valence-corrected chi connectivity index (χ4v) is 7.09. The van der Waals surface area contributed by atoms with E-state index in [0.29, 0.717) is 37.2 Å². The molecule has 1 atom stereocenters. The molecule has 0 amide bonds. The quantitative estimate of drug-likeness (QED) is 0.169. The lowest BCUT2D eigenvalue weighted by molar-refractivity contribution is -0.138. The molecule has 0 aliphatic carbocycles. The number of carbonyl (C=O) groups excluding carboxylic acids is 1. The number of rotatable bonds is 7. The van der Waals surface area contributed by atoms with Crippen LogP contribution in [0.3, 0.4) is 0 Å². The molecule has 0 spiro atoms. The average molecular weight is 665 g/mol. The highest BCUT2D eigenvalue weighted by molar-refractivity contribution is 7.07. The molecule has 2 aromatic heterocycles. The zero-order valence-corrected chi connectivity index (χ0v) is 27.0. The van der Waals surface area contributed by atoms with Crippen LogP contribution in [0.1, 0.15) is 35.2 Å². The molecular weight excluding hydrogens is 637 g/mol. The average Bonchev–Trinajstić information content (AvgIpc) is 3.58. The molecule has 0 bridgehead atoms. The van der Waals surface area contributed by atoms with Gasteiger partial charge in [-0.25, -0.2) is 9.79 Å². The summed E-state index contributed by atoms with van der Waals surface area (Å²) >= 11 is 13.7. The van der Waals surface area contributed by atoms with Crippen LogP contribution < -0.4 is 14.9 Å². The van der Waals surface area contributed by atoms with Gasteiger partial charge in [0, 0.05) is 44.8 Å². The predicted octanol–water partition coefficient (Wildman–Crippen LogP) is 7.25.